The molecule has 0 radical (unpaired) electrons. The van der Waals surface area contributed by atoms with Gasteiger partial charge in [0.15, 0.2) is 0 Å². The molecule has 0 aromatic heterocycles. The van der Waals surface area contributed by atoms with Gasteiger partial charge >= 0.3 is 5.97 Å². The summed E-state index contributed by atoms with van der Waals surface area (Å²) in [6.45, 7) is 1.87. The maximum atomic E-state index is 10.3. The summed E-state index contributed by atoms with van der Waals surface area (Å²) in [4.78, 5) is 10.3. The first kappa shape index (κ1) is 19.0. The summed E-state index contributed by atoms with van der Waals surface area (Å²) < 4.78 is 0. The molecular weight excluding hydrogens is 268 g/mol. The molecule has 0 fully saturated rings. The number of allylic oxidation sites excluding steroid dienone is 3. The first-order chi connectivity index (χ1) is 10.1. The van der Waals surface area contributed by atoms with Gasteiger partial charge in [0.05, 0.1) is 18.6 Å². The first-order valence-corrected chi connectivity index (χ1v) is 6.93. The lowest BCUT2D eigenvalue weighted by molar-refractivity contribution is -0.139. The molecule has 3 N–H and O–H groups in total. The van der Waals surface area contributed by atoms with E-state index in [4.69, 9.17) is 5.11 Å². The first-order valence-electron chi connectivity index (χ1n) is 6.93. The van der Waals surface area contributed by atoms with Crippen molar-refractivity contribution in [2.75, 3.05) is 0 Å². The van der Waals surface area contributed by atoms with Crippen molar-refractivity contribution in [2.24, 2.45) is 0 Å². The van der Waals surface area contributed by atoms with Crippen LogP contribution in [0.5, 0.6) is 0 Å². The van der Waals surface area contributed by atoms with E-state index in [9.17, 15) is 15.0 Å². The van der Waals surface area contributed by atoms with Gasteiger partial charge in [0, 0.05) is 0 Å². The monoisotopic (exact) mass is 290 g/mol. The Hall–Kier alpha value is -2.01. The molecule has 0 aromatic carbocycles. The fourth-order valence-electron chi connectivity index (χ4n) is 1.53. The number of unbranched alkanes of at least 4 members (excludes halogenated alkanes) is 1. The minimum absolute atomic E-state index is 0.230. The number of hydrogen-bond donors (Lipinski definition) is 3. The molecule has 0 saturated heterocycles. The van der Waals surface area contributed by atoms with Gasteiger partial charge in [0.25, 0.3) is 0 Å². The molecule has 0 aromatic rings. The van der Waals surface area contributed by atoms with Crippen LogP contribution in [0.15, 0.2) is 24.3 Å². The lowest BCUT2D eigenvalue weighted by Crippen LogP contribution is -2.12. The molecular formula is C17H22O4. The van der Waals surface area contributed by atoms with Crippen LogP contribution >= 0.6 is 0 Å². The minimum atomic E-state index is -0.999. The van der Waals surface area contributed by atoms with E-state index in [1.165, 1.54) is 0 Å². The number of aliphatic hydroxyl groups is 2. The van der Waals surface area contributed by atoms with Gasteiger partial charge in [-0.1, -0.05) is 30.8 Å². The van der Waals surface area contributed by atoms with Crippen molar-refractivity contribution >= 4 is 5.97 Å². The second kappa shape index (κ2) is 13.0. The Kier molecular flexibility index (Phi) is 11.8. The van der Waals surface area contributed by atoms with E-state index < -0.39 is 18.2 Å². The second-order valence-electron chi connectivity index (χ2n) is 4.50. The van der Waals surface area contributed by atoms with Gasteiger partial charge in [-0.3, -0.25) is 4.79 Å². The standard InChI is InChI=1S/C17H22O4/c1-2-3-4-5-6-7-8-11-15(18)12-9-10-13-16(19)14-17(20)21/h2-3,8,11,15-16,18-19H,9-10,12-14H2,1H3,(H,20,21). The quantitative estimate of drug-likeness (QED) is 0.471. The molecule has 4 heteroatoms. The fourth-order valence-corrected chi connectivity index (χ4v) is 1.53. The molecule has 0 amide bonds. The minimum Gasteiger partial charge on any atom is -0.481 e. The van der Waals surface area contributed by atoms with Crippen molar-refractivity contribution in [1.29, 1.82) is 0 Å². The highest BCUT2D eigenvalue weighted by atomic mass is 16.4. The van der Waals surface area contributed by atoms with Crippen LogP contribution in [0, 0.1) is 23.7 Å². The van der Waals surface area contributed by atoms with Gasteiger partial charge < -0.3 is 15.3 Å². The smallest absolute Gasteiger partial charge is 0.305 e. The van der Waals surface area contributed by atoms with Crippen LogP contribution in [0.3, 0.4) is 0 Å². The predicted molar refractivity (Wildman–Crippen MR) is 82.2 cm³/mol. The van der Waals surface area contributed by atoms with Crippen LogP contribution in [0.4, 0.5) is 0 Å². The highest BCUT2D eigenvalue weighted by molar-refractivity contribution is 5.67. The zero-order valence-corrected chi connectivity index (χ0v) is 12.2. The summed E-state index contributed by atoms with van der Waals surface area (Å²) in [5.41, 5.74) is 0. The van der Waals surface area contributed by atoms with Gasteiger partial charge in [-0.2, -0.15) is 0 Å². The van der Waals surface area contributed by atoms with Crippen molar-refractivity contribution < 1.29 is 20.1 Å². The third kappa shape index (κ3) is 14.2. The van der Waals surface area contributed by atoms with E-state index in [0.29, 0.717) is 19.3 Å². The third-order valence-electron chi connectivity index (χ3n) is 2.56. The van der Waals surface area contributed by atoms with Crippen LogP contribution < -0.4 is 0 Å². The van der Waals surface area contributed by atoms with Gasteiger partial charge in [-0.05, 0) is 49.8 Å². The van der Waals surface area contributed by atoms with Crippen LogP contribution in [0.25, 0.3) is 0 Å². The molecule has 2 unspecified atom stereocenters. The van der Waals surface area contributed by atoms with E-state index >= 15 is 0 Å². The molecule has 0 aliphatic heterocycles. The summed E-state index contributed by atoms with van der Waals surface area (Å²) in [5.74, 6) is 9.69. The highest BCUT2D eigenvalue weighted by Crippen LogP contribution is 2.09. The largest absolute Gasteiger partial charge is 0.481 e. The van der Waals surface area contributed by atoms with Crippen molar-refractivity contribution in [3.8, 4) is 23.7 Å². The molecule has 0 rings (SSSR count). The maximum absolute atomic E-state index is 10.3. The Morgan fingerprint density at radius 3 is 2.33 bits per heavy atom. The Balaban J connectivity index is 3.78. The Bertz CT molecular complexity index is 468. The van der Waals surface area contributed by atoms with E-state index in [2.05, 4.69) is 23.7 Å². The molecule has 0 bridgehead atoms. The molecule has 21 heavy (non-hydrogen) atoms. The lowest BCUT2D eigenvalue weighted by Gasteiger charge is -2.08. The van der Waals surface area contributed by atoms with Crippen LogP contribution in [-0.4, -0.2) is 33.5 Å². The van der Waals surface area contributed by atoms with E-state index in [1.54, 1.807) is 18.2 Å². The lowest BCUT2D eigenvalue weighted by atomic mass is 10.1. The van der Waals surface area contributed by atoms with Crippen molar-refractivity contribution in [3.05, 3.63) is 24.3 Å². The predicted octanol–water partition coefficient (Wildman–Crippen LogP) is 1.88. The van der Waals surface area contributed by atoms with Crippen molar-refractivity contribution in [3.63, 3.8) is 0 Å². The van der Waals surface area contributed by atoms with E-state index in [0.717, 1.165) is 6.42 Å². The SMILES string of the molecule is CC=CC#CC#CC=CC(O)CCCCC(O)CC(=O)O. The Morgan fingerprint density at radius 2 is 1.71 bits per heavy atom. The molecule has 2 atom stereocenters. The highest BCUT2D eigenvalue weighted by Gasteiger charge is 2.09. The van der Waals surface area contributed by atoms with Gasteiger partial charge in [-0.25, -0.2) is 0 Å². The normalized spacial score (nSPS) is 13.3. The Labute approximate surface area is 126 Å². The number of hydrogen-bond acceptors (Lipinski definition) is 3. The van der Waals surface area contributed by atoms with Crippen molar-refractivity contribution in [1.82, 2.24) is 0 Å². The van der Waals surface area contributed by atoms with Crippen LogP contribution in [-0.2, 0) is 4.79 Å². The molecule has 0 heterocycles. The van der Waals surface area contributed by atoms with E-state index in [-0.39, 0.29) is 6.42 Å². The number of carbonyl (C=O) groups is 1. The fraction of sp³-hybridized carbons (Fsp3) is 0.471. The summed E-state index contributed by atoms with van der Waals surface area (Å²) in [5, 5.41) is 27.5. The molecule has 0 aliphatic rings. The summed E-state index contributed by atoms with van der Waals surface area (Å²) in [7, 11) is 0. The summed E-state index contributed by atoms with van der Waals surface area (Å²) >= 11 is 0. The number of aliphatic hydroxyl groups excluding tert-OH is 2. The number of aliphatic carboxylic acids is 1. The van der Waals surface area contributed by atoms with Crippen LogP contribution in [0.2, 0.25) is 0 Å². The summed E-state index contributed by atoms with van der Waals surface area (Å²) in [6, 6.07) is 0. The number of rotatable bonds is 8. The zero-order chi connectivity index (χ0) is 15.9. The molecule has 4 nitrogen and oxygen atoms in total. The van der Waals surface area contributed by atoms with Gasteiger partial charge in [-0.15, -0.1) is 0 Å². The van der Waals surface area contributed by atoms with E-state index in [1.807, 2.05) is 13.0 Å². The van der Waals surface area contributed by atoms with Gasteiger partial charge in [0.1, 0.15) is 0 Å². The molecule has 0 spiro atoms. The van der Waals surface area contributed by atoms with Crippen molar-refractivity contribution in [2.45, 2.75) is 51.2 Å². The molecule has 114 valence electrons. The average molecular weight is 290 g/mol. The molecule has 0 aliphatic carbocycles. The third-order valence-corrected chi connectivity index (χ3v) is 2.56. The maximum Gasteiger partial charge on any atom is 0.305 e. The summed E-state index contributed by atoms with van der Waals surface area (Å²) in [6.07, 6.45) is 7.45. The second-order valence-corrected chi connectivity index (χ2v) is 4.50. The van der Waals surface area contributed by atoms with Gasteiger partial charge in [0.2, 0.25) is 0 Å². The number of carboxylic acids is 1. The molecule has 0 saturated carbocycles. The van der Waals surface area contributed by atoms with Crippen LogP contribution in [0.1, 0.15) is 39.0 Å². The Morgan fingerprint density at radius 1 is 1.10 bits per heavy atom. The average Bonchev–Trinajstić information content (AvgIpc) is 2.42. The topological polar surface area (TPSA) is 77.8 Å². The zero-order valence-electron chi connectivity index (χ0n) is 12.2. The number of carboxylic acid groups (broad SMARTS) is 1.